The lowest BCUT2D eigenvalue weighted by Crippen LogP contribution is -2.46. The Morgan fingerprint density at radius 3 is 2.50 bits per heavy atom. The molecule has 0 radical (unpaired) electrons. The van der Waals surface area contributed by atoms with Gasteiger partial charge in [-0.15, -0.1) is 0 Å². The largest absolute Gasteiger partial charge is 0.451 e. The third kappa shape index (κ3) is 2.68. The van der Waals surface area contributed by atoms with Crippen molar-refractivity contribution in [2.75, 3.05) is 0 Å². The maximum absolute atomic E-state index is 12.9. The van der Waals surface area contributed by atoms with Crippen LogP contribution in [-0.2, 0) is 14.3 Å². The van der Waals surface area contributed by atoms with Gasteiger partial charge >= 0.3 is 5.97 Å². The number of carbonyl (C=O) groups excluding carboxylic acids is 2. The molecule has 4 heteroatoms. The Morgan fingerprint density at radius 2 is 1.82 bits per heavy atom. The van der Waals surface area contributed by atoms with E-state index in [0.29, 0.717) is 17.1 Å². The molecule has 4 nitrogen and oxygen atoms in total. The minimum Gasteiger partial charge on any atom is -0.451 e. The van der Waals surface area contributed by atoms with Crippen LogP contribution in [0, 0.1) is 5.92 Å². The number of amides is 1. The van der Waals surface area contributed by atoms with Crippen molar-refractivity contribution in [3.8, 4) is 0 Å². The highest BCUT2D eigenvalue weighted by molar-refractivity contribution is 6.07. The van der Waals surface area contributed by atoms with Crippen molar-refractivity contribution < 1.29 is 14.3 Å². The van der Waals surface area contributed by atoms with Gasteiger partial charge in [0.1, 0.15) is 5.60 Å². The summed E-state index contributed by atoms with van der Waals surface area (Å²) in [6.07, 6.45) is 9.43. The Bertz CT molecular complexity index is 502. The topological polar surface area (TPSA) is 55.4 Å². The van der Waals surface area contributed by atoms with Crippen LogP contribution in [0.1, 0.15) is 71.6 Å². The first-order valence-electron chi connectivity index (χ1n) is 8.79. The molecule has 1 heterocycles. The average molecular weight is 305 g/mol. The van der Waals surface area contributed by atoms with E-state index < -0.39 is 5.60 Å². The molecule has 2 aliphatic carbocycles. The molecule has 1 N–H and O–H groups in total. The van der Waals surface area contributed by atoms with E-state index in [1.165, 1.54) is 19.3 Å². The van der Waals surface area contributed by atoms with Crippen molar-refractivity contribution in [1.82, 2.24) is 5.32 Å². The van der Waals surface area contributed by atoms with Crippen LogP contribution in [0.25, 0.3) is 0 Å². The lowest BCUT2D eigenvalue weighted by molar-refractivity contribution is -0.149. The summed E-state index contributed by atoms with van der Waals surface area (Å²) in [5.74, 6) is 0.145. The number of carbonyl (C=O) groups is 2. The predicted molar refractivity (Wildman–Crippen MR) is 84.2 cm³/mol. The fraction of sp³-hybridized carbons (Fsp3) is 0.778. The van der Waals surface area contributed by atoms with Gasteiger partial charge in [-0.1, -0.05) is 26.2 Å². The zero-order valence-electron chi connectivity index (χ0n) is 13.7. The van der Waals surface area contributed by atoms with E-state index in [1.54, 1.807) is 6.92 Å². The molecule has 2 atom stereocenters. The minimum atomic E-state index is -0.637. The molecule has 0 saturated heterocycles. The molecule has 3 aliphatic rings. The quantitative estimate of drug-likeness (QED) is 0.797. The monoisotopic (exact) mass is 305 g/mol. The first-order chi connectivity index (χ1) is 10.5. The van der Waals surface area contributed by atoms with E-state index in [1.807, 2.05) is 0 Å². The first kappa shape index (κ1) is 15.6. The van der Waals surface area contributed by atoms with Gasteiger partial charge in [0.15, 0.2) is 0 Å². The highest BCUT2D eigenvalue weighted by Crippen LogP contribution is 2.44. The maximum Gasteiger partial charge on any atom is 0.335 e. The maximum atomic E-state index is 12.9. The zero-order valence-corrected chi connectivity index (χ0v) is 13.7. The first-order valence-corrected chi connectivity index (χ1v) is 8.79. The van der Waals surface area contributed by atoms with Crippen LogP contribution in [-0.4, -0.2) is 23.5 Å². The molecule has 1 amide bonds. The molecule has 0 aromatic heterocycles. The molecule has 0 aromatic carbocycles. The molecule has 2 fully saturated rings. The molecule has 0 aromatic rings. The van der Waals surface area contributed by atoms with E-state index in [4.69, 9.17) is 4.74 Å². The summed E-state index contributed by atoms with van der Waals surface area (Å²) < 4.78 is 5.68. The Labute approximate surface area is 132 Å². The van der Waals surface area contributed by atoms with Crippen molar-refractivity contribution >= 4 is 11.9 Å². The van der Waals surface area contributed by atoms with Crippen molar-refractivity contribution in [1.29, 1.82) is 0 Å². The van der Waals surface area contributed by atoms with Gasteiger partial charge < -0.3 is 10.1 Å². The van der Waals surface area contributed by atoms with Gasteiger partial charge in [-0.25, -0.2) is 4.79 Å². The molecule has 0 bridgehead atoms. The fourth-order valence-electron chi connectivity index (χ4n) is 4.37. The number of hydrogen-bond acceptors (Lipinski definition) is 3. The Morgan fingerprint density at radius 1 is 1.14 bits per heavy atom. The second-order valence-corrected chi connectivity index (χ2v) is 7.29. The molecule has 3 rings (SSSR count). The summed E-state index contributed by atoms with van der Waals surface area (Å²) in [5, 5.41) is 3.20. The number of hydrogen-bond donors (Lipinski definition) is 1. The molecule has 1 aliphatic heterocycles. The van der Waals surface area contributed by atoms with Crippen LogP contribution >= 0.6 is 0 Å². The Kier molecular flexibility index (Phi) is 4.28. The van der Waals surface area contributed by atoms with E-state index in [0.717, 1.165) is 38.5 Å². The van der Waals surface area contributed by atoms with Crippen LogP contribution in [0.2, 0.25) is 0 Å². The lowest BCUT2D eigenvalue weighted by Gasteiger charge is -2.35. The van der Waals surface area contributed by atoms with Crippen molar-refractivity contribution in [2.45, 2.75) is 83.3 Å². The summed E-state index contributed by atoms with van der Waals surface area (Å²) in [6, 6.07) is 0.234. The van der Waals surface area contributed by atoms with Crippen molar-refractivity contribution in [3.05, 3.63) is 11.1 Å². The van der Waals surface area contributed by atoms with E-state index in [9.17, 15) is 9.59 Å². The van der Waals surface area contributed by atoms with Gasteiger partial charge in [0.05, 0.1) is 5.57 Å². The zero-order chi connectivity index (χ0) is 15.7. The van der Waals surface area contributed by atoms with Gasteiger partial charge in [0.2, 0.25) is 0 Å². The molecule has 22 heavy (non-hydrogen) atoms. The third-order valence-corrected chi connectivity index (χ3v) is 5.74. The molecule has 2 saturated carbocycles. The van der Waals surface area contributed by atoms with Crippen molar-refractivity contribution in [3.63, 3.8) is 0 Å². The Hall–Kier alpha value is -1.32. The number of ether oxygens (including phenoxy) is 1. The molecular formula is C18H27NO3. The summed E-state index contributed by atoms with van der Waals surface area (Å²) in [7, 11) is 0. The smallest absolute Gasteiger partial charge is 0.335 e. The average Bonchev–Trinajstić information content (AvgIpc) is 2.73. The van der Waals surface area contributed by atoms with E-state index >= 15 is 0 Å². The van der Waals surface area contributed by atoms with E-state index in [2.05, 4.69) is 12.2 Å². The predicted octanol–water partition coefficient (Wildman–Crippen LogP) is 3.26. The lowest BCUT2D eigenvalue weighted by atomic mass is 9.78. The number of rotatable bonds is 2. The molecule has 0 unspecified atom stereocenters. The van der Waals surface area contributed by atoms with Crippen LogP contribution in [0.4, 0.5) is 0 Å². The normalized spacial score (nSPS) is 31.3. The molecule has 122 valence electrons. The minimum absolute atomic E-state index is 0.0657. The molecule has 1 spiro atoms. The second kappa shape index (κ2) is 6.05. The summed E-state index contributed by atoms with van der Waals surface area (Å²) in [5.41, 5.74) is 0.499. The number of esters is 1. The summed E-state index contributed by atoms with van der Waals surface area (Å²) in [4.78, 5) is 24.9. The highest BCUT2D eigenvalue weighted by atomic mass is 16.6. The second-order valence-electron chi connectivity index (χ2n) is 7.29. The van der Waals surface area contributed by atoms with Crippen molar-refractivity contribution in [2.24, 2.45) is 5.92 Å². The van der Waals surface area contributed by atoms with Crippen LogP contribution in [0.3, 0.4) is 0 Å². The Balaban J connectivity index is 1.80. The highest BCUT2D eigenvalue weighted by Gasteiger charge is 2.49. The molecular weight excluding hydrogens is 278 g/mol. The van der Waals surface area contributed by atoms with Gasteiger partial charge in [-0.3, -0.25) is 4.79 Å². The summed E-state index contributed by atoms with van der Waals surface area (Å²) in [6.45, 7) is 3.95. The van der Waals surface area contributed by atoms with Gasteiger partial charge in [-0.05, 0) is 51.4 Å². The third-order valence-electron chi connectivity index (χ3n) is 5.74. The van der Waals surface area contributed by atoms with Gasteiger partial charge in [0.25, 0.3) is 5.91 Å². The number of nitrogens with one attached hydrogen (secondary N) is 1. The van der Waals surface area contributed by atoms with Crippen LogP contribution < -0.4 is 5.32 Å². The summed E-state index contributed by atoms with van der Waals surface area (Å²) >= 11 is 0. The SMILES string of the molecule is CC1=C(C(=O)N[C@H]2CCCC[C@@H]2C)C2(CCCCC2)OC1=O. The van der Waals surface area contributed by atoms with Gasteiger partial charge in [0, 0.05) is 11.6 Å². The standard InChI is InChI=1S/C18H27NO3/c1-12-8-4-5-9-14(12)19-16(20)15-13(2)17(21)22-18(15)10-6-3-7-11-18/h12,14H,3-11H2,1-2H3,(H,19,20)/t12-,14-/m0/s1. The fourth-order valence-corrected chi connectivity index (χ4v) is 4.37. The van der Waals surface area contributed by atoms with Gasteiger partial charge in [-0.2, -0.15) is 0 Å². The van der Waals surface area contributed by atoms with E-state index in [-0.39, 0.29) is 17.9 Å². The van der Waals surface area contributed by atoms with Crippen LogP contribution in [0.5, 0.6) is 0 Å². The van der Waals surface area contributed by atoms with Crippen LogP contribution in [0.15, 0.2) is 11.1 Å².